The molecule has 1 atom stereocenters. The number of fused-ring (bicyclic) bond motifs is 1. The molecule has 0 saturated heterocycles. The summed E-state index contributed by atoms with van der Waals surface area (Å²) >= 11 is 0. The molecule has 0 amide bonds. The van der Waals surface area contributed by atoms with Crippen molar-refractivity contribution in [2.75, 3.05) is 0 Å². The van der Waals surface area contributed by atoms with Crippen LogP contribution in [0.5, 0.6) is 0 Å². The summed E-state index contributed by atoms with van der Waals surface area (Å²) in [5, 5.41) is 1.75. The molecule has 2 rings (SSSR count). The topological polar surface area (TPSA) is 26.0 Å². The lowest BCUT2D eigenvalue weighted by Gasteiger charge is -2.16. The van der Waals surface area contributed by atoms with Gasteiger partial charge in [-0.25, -0.2) is 0 Å². The van der Waals surface area contributed by atoms with Crippen LogP contribution < -0.4 is 5.73 Å². The zero-order valence-corrected chi connectivity index (χ0v) is 11.4. The molecule has 1 nitrogen and oxygen atoms in total. The summed E-state index contributed by atoms with van der Waals surface area (Å²) in [4.78, 5) is 0. The van der Waals surface area contributed by atoms with Gasteiger partial charge in [-0.15, -0.1) is 0 Å². The highest BCUT2D eigenvalue weighted by atomic mass is 19.4. The van der Waals surface area contributed by atoms with Gasteiger partial charge in [-0.2, -0.15) is 13.2 Å². The largest absolute Gasteiger partial charge is 0.407 e. The molecule has 0 aliphatic carbocycles. The van der Waals surface area contributed by atoms with Crippen LogP contribution in [0.25, 0.3) is 10.8 Å². The molecule has 2 aromatic carbocycles. The van der Waals surface area contributed by atoms with Gasteiger partial charge in [0.15, 0.2) is 0 Å². The van der Waals surface area contributed by atoms with Crippen LogP contribution in [-0.2, 0) is 6.42 Å². The molecule has 0 radical (unpaired) electrons. The van der Waals surface area contributed by atoms with E-state index in [1.807, 2.05) is 18.2 Å². The van der Waals surface area contributed by atoms with E-state index >= 15 is 0 Å². The molecule has 0 aliphatic heterocycles. The maximum absolute atomic E-state index is 12.7. The van der Waals surface area contributed by atoms with E-state index < -0.39 is 12.2 Å². The highest BCUT2D eigenvalue weighted by Gasteiger charge is 2.37. The minimum absolute atomic E-state index is 0.109. The second kappa shape index (κ2) is 5.83. The quantitative estimate of drug-likeness (QED) is 0.860. The maximum Gasteiger partial charge on any atom is 0.407 e. The molecule has 0 fully saturated rings. The average Bonchev–Trinajstić information content (AvgIpc) is 2.42. The van der Waals surface area contributed by atoms with Gasteiger partial charge < -0.3 is 5.73 Å². The lowest BCUT2D eigenvalue weighted by atomic mass is 9.99. The predicted molar refractivity (Wildman–Crippen MR) is 75.5 cm³/mol. The molecule has 0 bridgehead atoms. The Morgan fingerprint density at radius 2 is 1.75 bits per heavy atom. The number of halogens is 3. The zero-order chi connectivity index (χ0) is 14.8. The minimum atomic E-state index is -4.41. The molecule has 0 heterocycles. The van der Waals surface area contributed by atoms with E-state index in [4.69, 9.17) is 5.73 Å². The number of hydrogen-bond acceptors (Lipinski definition) is 1. The fraction of sp³-hybridized carbons (Fsp3) is 0.375. The SMILES string of the molecule is CCCCc1ccc2ccc([C@H](N)C(F)(F)F)cc2c1. The number of hydrogen-bond donors (Lipinski definition) is 1. The second-order valence-corrected chi connectivity index (χ2v) is 5.06. The van der Waals surface area contributed by atoms with Gasteiger partial charge in [0.1, 0.15) is 6.04 Å². The Bertz CT molecular complexity index is 590. The second-order valence-electron chi connectivity index (χ2n) is 5.06. The Hall–Kier alpha value is -1.55. The number of aryl methyl sites for hydroxylation is 1. The van der Waals surface area contributed by atoms with Crippen LogP contribution in [0.4, 0.5) is 13.2 Å². The van der Waals surface area contributed by atoms with Crippen LogP contribution in [0.1, 0.15) is 36.9 Å². The molecular weight excluding hydrogens is 263 g/mol. The number of unbranched alkanes of at least 4 members (excludes halogenated alkanes) is 1. The summed E-state index contributed by atoms with van der Waals surface area (Å²) in [7, 11) is 0. The van der Waals surface area contributed by atoms with Crippen molar-refractivity contribution in [3.8, 4) is 0 Å². The third-order valence-electron chi connectivity index (χ3n) is 3.46. The zero-order valence-electron chi connectivity index (χ0n) is 11.4. The molecule has 108 valence electrons. The van der Waals surface area contributed by atoms with Crippen molar-refractivity contribution in [3.05, 3.63) is 47.5 Å². The summed E-state index contributed by atoms with van der Waals surface area (Å²) in [5.41, 5.74) is 6.52. The Balaban J connectivity index is 2.36. The summed E-state index contributed by atoms with van der Waals surface area (Å²) < 4.78 is 38.0. The van der Waals surface area contributed by atoms with E-state index in [0.29, 0.717) is 0 Å². The number of benzene rings is 2. The normalized spacial score (nSPS) is 13.7. The lowest BCUT2D eigenvalue weighted by molar-refractivity contribution is -0.149. The highest BCUT2D eigenvalue weighted by Crippen LogP contribution is 2.32. The Morgan fingerprint density at radius 1 is 1.05 bits per heavy atom. The molecule has 0 aromatic heterocycles. The van der Waals surface area contributed by atoms with Crippen molar-refractivity contribution in [3.63, 3.8) is 0 Å². The number of alkyl halides is 3. The van der Waals surface area contributed by atoms with Crippen LogP contribution in [0.3, 0.4) is 0 Å². The molecule has 0 unspecified atom stereocenters. The van der Waals surface area contributed by atoms with E-state index in [1.165, 1.54) is 6.07 Å². The first-order valence-corrected chi connectivity index (χ1v) is 6.76. The number of rotatable bonds is 4. The van der Waals surface area contributed by atoms with Gasteiger partial charge in [0.05, 0.1) is 0 Å². The average molecular weight is 281 g/mol. The molecule has 20 heavy (non-hydrogen) atoms. The van der Waals surface area contributed by atoms with Crippen LogP contribution >= 0.6 is 0 Å². The Morgan fingerprint density at radius 3 is 2.40 bits per heavy atom. The predicted octanol–water partition coefficient (Wildman–Crippen LogP) is 4.74. The molecule has 0 spiro atoms. The summed E-state index contributed by atoms with van der Waals surface area (Å²) in [5.74, 6) is 0. The van der Waals surface area contributed by atoms with Crippen LogP contribution in [0.15, 0.2) is 36.4 Å². The third-order valence-corrected chi connectivity index (χ3v) is 3.46. The maximum atomic E-state index is 12.7. The highest BCUT2D eigenvalue weighted by molar-refractivity contribution is 5.84. The molecule has 0 aliphatic rings. The molecule has 2 N–H and O–H groups in total. The Kier molecular flexibility index (Phi) is 4.33. The van der Waals surface area contributed by atoms with Gasteiger partial charge in [-0.3, -0.25) is 0 Å². The summed E-state index contributed by atoms with van der Waals surface area (Å²) in [6.45, 7) is 2.11. The number of nitrogens with two attached hydrogens (primary N) is 1. The van der Waals surface area contributed by atoms with E-state index in [2.05, 4.69) is 6.92 Å². The van der Waals surface area contributed by atoms with Gasteiger partial charge in [0, 0.05) is 0 Å². The first kappa shape index (κ1) is 14.9. The van der Waals surface area contributed by atoms with Gasteiger partial charge >= 0.3 is 6.18 Å². The van der Waals surface area contributed by atoms with E-state index in [9.17, 15) is 13.2 Å². The molecular formula is C16H18F3N. The van der Waals surface area contributed by atoms with Crippen molar-refractivity contribution >= 4 is 10.8 Å². The Labute approximate surface area is 116 Å². The van der Waals surface area contributed by atoms with Gasteiger partial charge in [0.25, 0.3) is 0 Å². The van der Waals surface area contributed by atoms with Crippen molar-refractivity contribution in [1.29, 1.82) is 0 Å². The lowest BCUT2D eigenvalue weighted by Crippen LogP contribution is -2.28. The fourth-order valence-electron chi connectivity index (χ4n) is 2.23. The minimum Gasteiger partial charge on any atom is -0.316 e. The van der Waals surface area contributed by atoms with Crippen molar-refractivity contribution in [2.24, 2.45) is 5.73 Å². The van der Waals surface area contributed by atoms with Crippen molar-refractivity contribution < 1.29 is 13.2 Å². The van der Waals surface area contributed by atoms with E-state index in [0.717, 1.165) is 35.6 Å². The van der Waals surface area contributed by atoms with Crippen molar-refractivity contribution in [2.45, 2.75) is 38.4 Å². The monoisotopic (exact) mass is 281 g/mol. The van der Waals surface area contributed by atoms with E-state index in [-0.39, 0.29) is 5.56 Å². The van der Waals surface area contributed by atoms with Crippen LogP contribution in [0, 0.1) is 0 Å². The van der Waals surface area contributed by atoms with Crippen LogP contribution in [0.2, 0.25) is 0 Å². The smallest absolute Gasteiger partial charge is 0.316 e. The summed E-state index contributed by atoms with van der Waals surface area (Å²) in [6.07, 6.45) is -1.29. The molecule has 0 saturated carbocycles. The third kappa shape index (κ3) is 3.31. The van der Waals surface area contributed by atoms with Crippen LogP contribution in [-0.4, -0.2) is 6.18 Å². The first-order chi connectivity index (χ1) is 9.41. The molecule has 4 heteroatoms. The fourth-order valence-corrected chi connectivity index (χ4v) is 2.23. The van der Waals surface area contributed by atoms with Gasteiger partial charge in [0.2, 0.25) is 0 Å². The summed E-state index contributed by atoms with van der Waals surface area (Å²) in [6, 6.07) is 8.70. The van der Waals surface area contributed by atoms with Gasteiger partial charge in [-0.1, -0.05) is 43.7 Å². The molecule has 2 aromatic rings. The standard InChI is InChI=1S/C16H18F3N/c1-2-3-4-11-5-6-12-7-8-13(10-14(12)9-11)15(20)16(17,18)19/h5-10,15H,2-4,20H2,1H3/t15-/m0/s1. The first-order valence-electron chi connectivity index (χ1n) is 6.76. The van der Waals surface area contributed by atoms with E-state index in [1.54, 1.807) is 12.1 Å². The van der Waals surface area contributed by atoms with Gasteiger partial charge in [-0.05, 0) is 40.8 Å². The van der Waals surface area contributed by atoms with Crippen molar-refractivity contribution in [1.82, 2.24) is 0 Å².